The van der Waals surface area contributed by atoms with E-state index in [2.05, 4.69) is 6.92 Å². The Kier molecular flexibility index (Phi) is 3.11. The van der Waals surface area contributed by atoms with Crippen LogP contribution >= 0.6 is 0 Å². The quantitative estimate of drug-likeness (QED) is 0.772. The van der Waals surface area contributed by atoms with Crippen LogP contribution in [0.4, 0.5) is 4.79 Å². The van der Waals surface area contributed by atoms with Gasteiger partial charge in [0.1, 0.15) is 5.54 Å². The fraction of sp³-hybridized carbons (Fsp3) is 0.786. The van der Waals surface area contributed by atoms with Crippen molar-refractivity contribution < 1.29 is 9.59 Å². The smallest absolute Gasteiger partial charge is 0.314 e. The second-order valence-corrected chi connectivity index (χ2v) is 6.71. The third-order valence-corrected chi connectivity index (χ3v) is 5.22. The second-order valence-electron chi connectivity index (χ2n) is 6.71. The van der Waals surface area contributed by atoms with Crippen LogP contribution in [0.5, 0.6) is 0 Å². The molecular formula is C14H23N5O2. The summed E-state index contributed by atoms with van der Waals surface area (Å²) in [6.07, 6.45) is 2.50. The Labute approximate surface area is 124 Å². The first-order valence-corrected chi connectivity index (χ1v) is 7.59. The zero-order chi connectivity index (χ0) is 15.4. The average molecular weight is 293 g/mol. The number of primary amides is 1. The second kappa shape index (κ2) is 4.61. The lowest BCUT2D eigenvalue weighted by Crippen LogP contribution is -2.63. The summed E-state index contributed by atoms with van der Waals surface area (Å²) in [5.74, 6) is 0.740. The van der Waals surface area contributed by atoms with Crippen LogP contribution < -0.4 is 5.73 Å². The molecule has 2 atom stereocenters. The molecule has 0 aliphatic carbocycles. The highest BCUT2D eigenvalue weighted by Crippen LogP contribution is 2.43. The number of carbonyl (C=O) groups is 2. The molecule has 3 aliphatic heterocycles. The Morgan fingerprint density at radius 2 is 2.05 bits per heavy atom. The fourth-order valence-electron chi connectivity index (χ4n) is 4.05. The van der Waals surface area contributed by atoms with E-state index in [1.807, 2.05) is 11.8 Å². The lowest BCUT2D eigenvalue weighted by molar-refractivity contribution is -0.139. The van der Waals surface area contributed by atoms with Gasteiger partial charge in [0.25, 0.3) is 5.91 Å². The molecule has 3 rings (SSSR count). The summed E-state index contributed by atoms with van der Waals surface area (Å²) in [6, 6.07) is -0.0999. The summed E-state index contributed by atoms with van der Waals surface area (Å²) in [5, 5.41) is 8.25. The maximum atomic E-state index is 12.5. The zero-order valence-electron chi connectivity index (χ0n) is 12.6. The number of amides is 3. The molecule has 3 aliphatic rings. The van der Waals surface area contributed by atoms with E-state index >= 15 is 0 Å². The van der Waals surface area contributed by atoms with Gasteiger partial charge < -0.3 is 15.5 Å². The number of hydrogen-bond acceptors (Lipinski definition) is 3. The molecule has 3 N–H and O–H groups in total. The molecule has 2 unspecified atom stereocenters. The van der Waals surface area contributed by atoms with Crippen molar-refractivity contribution in [1.29, 1.82) is 5.41 Å². The number of guanidine groups is 1. The highest BCUT2D eigenvalue weighted by molar-refractivity contribution is 6.09. The highest BCUT2D eigenvalue weighted by Gasteiger charge is 2.61. The van der Waals surface area contributed by atoms with Gasteiger partial charge in [0.15, 0.2) is 0 Å². The van der Waals surface area contributed by atoms with E-state index in [0.717, 1.165) is 19.3 Å². The highest BCUT2D eigenvalue weighted by atomic mass is 16.2. The minimum absolute atomic E-state index is 0.0583. The molecule has 21 heavy (non-hydrogen) atoms. The van der Waals surface area contributed by atoms with E-state index < -0.39 is 5.54 Å². The lowest BCUT2D eigenvalue weighted by Gasteiger charge is -2.49. The summed E-state index contributed by atoms with van der Waals surface area (Å²) < 4.78 is 0. The molecule has 0 radical (unpaired) electrons. The Hall–Kier alpha value is -1.79. The Morgan fingerprint density at radius 1 is 1.43 bits per heavy atom. The molecule has 3 saturated heterocycles. The molecule has 0 aromatic carbocycles. The molecule has 7 nitrogen and oxygen atoms in total. The van der Waals surface area contributed by atoms with Crippen molar-refractivity contribution >= 4 is 17.9 Å². The normalized spacial score (nSPS) is 33.2. The number of carbonyl (C=O) groups excluding carboxylic acids is 2. The van der Waals surface area contributed by atoms with E-state index in [1.54, 1.807) is 9.80 Å². The van der Waals surface area contributed by atoms with E-state index in [0.29, 0.717) is 31.5 Å². The molecule has 0 spiro atoms. The number of piperidine rings is 1. The molecule has 0 saturated carbocycles. The fourth-order valence-corrected chi connectivity index (χ4v) is 4.05. The summed E-state index contributed by atoms with van der Waals surface area (Å²) >= 11 is 0. The van der Waals surface area contributed by atoms with Crippen molar-refractivity contribution in [3.63, 3.8) is 0 Å². The molecule has 0 bridgehead atoms. The molecule has 0 aromatic heterocycles. The van der Waals surface area contributed by atoms with Gasteiger partial charge in [-0.05, 0) is 39.0 Å². The van der Waals surface area contributed by atoms with Gasteiger partial charge in [-0.1, -0.05) is 0 Å². The maximum absolute atomic E-state index is 12.5. The van der Waals surface area contributed by atoms with Crippen LogP contribution in [0.3, 0.4) is 0 Å². The SMILES string of the molecule is CC1CC2(C)C(=O)N(CC3CCN(C(N)=O)CC3)C(=N)N12. The van der Waals surface area contributed by atoms with E-state index in [4.69, 9.17) is 11.1 Å². The van der Waals surface area contributed by atoms with Crippen molar-refractivity contribution in [2.45, 2.75) is 44.7 Å². The molecule has 3 fully saturated rings. The first-order valence-electron chi connectivity index (χ1n) is 7.59. The maximum Gasteiger partial charge on any atom is 0.314 e. The number of urea groups is 1. The monoisotopic (exact) mass is 293 g/mol. The van der Waals surface area contributed by atoms with E-state index in [1.165, 1.54) is 0 Å². The van der Waals surface area contributed by atoms with Crippen LogP contribution in [0, 0.1) is 11.3 Å². The number of fused-ring (bicyclic) bond motifs is 1. The number of nitrogens with zero attached hydrogens (tertiary/aromatic N) is 3. The van der Waals surface area contributed by atoms with Crippen LogP contribution in [-0.2, 0) is 4.79 Å². The van der Waals surface area contributed by atoms with Crippen molar-refractivity contribution in [3.05, 3.63) is 0 Å². The van der Waals surface area contributed by atoms with Gasteiger partial charge >= 0.3 is 6.03 Å². The standard InChI is InChI=1S/C14H23N5O2/c1-9-7-14(2)11(20)18(12(15)19(9)14)8-10-3-5-17(6-4-10)13(16)21/h9-10,15H,3-8H2,1-2H3,(H2,16,21). The molecule has 3 heterocycles. The van der Waals surface area contributed by atoms with E-state index in [9.17, 15) is 9.59 Å². The molecule has 0 aromatic rings. The van der Waals surface area contributed by atoms with Gasteiger partial charge in [-0.2, -0.15) is 0 Å². The Balaban J connectivity index is 1.63. The van der Waals surface area contributed by atoms with Crippen molar-refractivity contribution in [2.24, 2.45) is 11.7 Å². The third-order valence-electron chi connectivity index (χ3n) is 5.22. The van der Waals surface area contributed by atoms with Gasteiger partial charge in [-0.3, -0.25) is 15.1 Å². The summed E-state index contributed by atoms with van der Waals surface area (Å²) in [4.78, 5) is 28.9. The van der Waals surface area contributed by atoms with Crippen LogP contribution in [0.2, 0.25) is 0 Å². The lowest BCUT2D eigenvalue weighted by atomic mass is 9.82. The molecular weight excluding hydrogens is 270 g/mol. The molecule has 7 heteroatoms. The summed E-state index contributed by atoms with van der Waals surface area (Å²) in [5.41, 5.74) is 4.78. The number of likely N-dealkylation sites (tertiary alicyclic amines) is 1. The van der Waals surface area contributed by atoms with Crippen LogP contribution in [0.25, 0.3) is 0 Å². The van der Waals surface area contributed by atoms with Crippen LogP contribution in [0.1, 0.15) is 33.1 Å². The number of nitrogens with one attached hydrogen (secondary N) is 1. The summed E-state index contributed by atoms with van der Waals surface area (Å²) in [6.45, 7) is 5.86. The first kappa shape index (κ1) is 14.2. The number of rotatable bonds is 2. The molecule has 3 amide bonds. The first-order chi connectivity index (χ1) is 9.84. The van der Waals surface area contributed by atoms with Gasteiger partial charge in [-0.25, -0.2) is 4.79 Å². The summed E-state index contributed by atoms with van der Waals surface area (Å²) in [7, 11) is 0. The third kappa shape index (κ3) is 1.98. The predicted molar refractivity (Wildman–Crippen MR) is 77.6 cm³/mol. The van der Waals surface area contributed by atoms with Crippen LogP contribution in [0.15, 0.2) is 0 Å². The van der Waals surface area contributed by atoms with Gasteiger partial charge in [0, 0.05) is 25.7 Å². The van der Waals surface area contributed by atoms with Gasteiger partial charge in [-0.15, -0.1) is 0 Å². The average Bonchev–Trinajstić information content (AvgIpc) is 2.56. The minimum Gasteiger partial charge on any atom is -0.351 e. The van der Waals surface area contributed by atoms with E-state index in [-0.39, 0.29) is 18.0 Å². The number of nitrogens with two attached hydrogens (primary N) is 1. The van der Waals surface area contributed by atoms with Gasteiger partial charge in [0.2, 0.25) is 5.96 Å². The minimum atomic E-state index is -0.496. The Morgan fingerprint density at radius 3 is 2.52 bits per heavy atom. The molecule has 116 valence electrons. The largest absolute Gasteiger partial charge is 0.351 e. The topological polar surface area (TPSA) is 93.7 Å². The van der Waals surface area contributed by atoms with Crippen molar-refractivity contribution in [2.75, 3.05) is 19.6 Å². The Bertz CT molecular complexity index is 500. The predicted octanol–water partition coefficient (Wildman–Crippen LogP) is 0.407. The van der Waals surface area contributed by atoms with Crippen LogP contribution in [-0.4, -0.2) is 63.8 Å². The van der Waals surface area contributed by atoms with Crippen molar-refractivity contribution in [3.8, 4) is 0 Å². The zero-order valence-corrected chi connectivity index (χ0v) is 12.6. The number of hydrogen-bond donors (Lipinski definition) is 2. The van der Waals surface area contributed by atoms with Gasteiger partial charge in [0.05, 0.1) is 0 Å². The van der Waals surface area contributed by atoms with Crippen molar-refractivity contribution in [1.82, 2.24) is 14.7 Å².